The summed E-state index contributed by atoms with van der Waals surface area (Å²) >= 11 is 6.09. The van der Waals surface area contributed by atoms with Crippen LogP contribution in [0.5, 0.6) is 0 Å². The van der Waals surface area contributed by atoms with Crippen LogP contribution in [0.4, 0.5) is 8.78 Å². The molecule has 1 atom stereocenters. The maximum atomic E-state index is 14.0. The monoisotopic (exact) mass is 307 g/mol. The van der Waals surface area contributed by atoms with Crippen LogP contribution in [0.2, 0.25) is 5.02 Å². The second-order valence-electron chi connectivity index (χ2n) is 4.33. The van der Waals surface area contributed by atoms with Crippen molar-refractivity contribution in [3.8, 4) is 0 Å². The molecule has 0 aliphatic carbocycles. The average molecular weight is 308 g/mol. The third kappa shape index (κ3) is 3.47. The molecule has 2 aromatic carbocycles. The molecule has 1 unspecified atom stereocenters. The van der Waals surface area contributed by atoms with Crippen LogP contribution in [-0.4, -0.2) is 5.91 Å². The number of hydrogen-bond acceptors (Lipinski definition) is 1. The maximum absolute atomic E-state index is 14.0. The van der Waals surface area contributed by atoms with Gasteiger partial charge in [0.1, 0.15) is 11.6 Å². The molecule has 0 spiro atoms. The lowest BCUT2D eigenvalue weighted by molar-refractivity contribution is -0.117. The summed E-state index contributed by atoms with van der Waals surface area (Å²) in [5.74, 6) is -1.74. The molecule has 5 heteroatoms. The molecule has 0 heterocycles. The molecule has 1 N–H and O–H groups in total. The molecule has 108 valence electrons. The number of carbonyl (C=O) groups excluding carboxylic acids is 1. The van der Waals surface area contributed by atoms with Gasteiger partial charge in [0.15, 0.2) is 0 Å². The zero-order valence-electron chi connectivity index (χ0n) is 10.9. The van der Waals surface area contributed by atoms with Crippen molar-refractivity contribution < 1.29 is 13.6 Å². The van der Waals surface area contributed by atoms with Gasteiger partial charge in [-0.25, -0.2) is 8.78 Å². The van der Waals surface area contributed by atoms with Crippen LogP contribution in [0, 0.1) is 11.6 Å². The molecule has 0 saturated heterocycles. The zero-order valence-corrected chi connectivity index (χ0v) is 11.7. The van der Waals surface area contributed by atoms with E-state index in [1.807, 2.05) is 0 Å². The van der Waals surface area contributed by atoms with E-state index >= 15 is 0 Å². The Kier molecular flexibility index (Phi) is 4.70. The molecule has 0 aliphatic rings. The Hall–Kier alpha value is -2.20. The smallest absolute Gasteiger partial charge is 0.244 e. The molecule has 2 rings (SSSR count). The van der Waals surface area contributed by atoms with E-state index in [0.29, 0.717) is 10.6 Å². The molecule has 0 fully saturated rings. The summed E-state index contributed by atoms with van der Waals surface area (Å²) in [6.07, 6.45) is 1.06. The van der Waals surface area contributed by atoms with Gasteiger partial charge in [0.2, 0.25) is 5.91 Å². The predicted molar refractivity (Wildman–Crippen MR) is 78.0 cm³/mol. The minimum Gasteiger partial charge on any atom is -0.341 e. The quantitative estimate of drug-likeness (QED) is 0.850. The Morgan fingerprint density at radius 2 is 1.90 bits per heavy atom. The van der Waals surface area contributed by atoms with E-state index < -0.39 is 23.6 Å². The molecule has 21 heavy (non-hydrogen) atoms. The van der Waals surface area contributed by atoms with Crippen LogP contribution in [0.25, 0.3) is 0 Å². The molecular weight excluding hydrogens is 296 g/mol. The Balaban J connectivity index is 2.55. The minimum atomic E-state index is -0.903. The summed E-state index contributed by atoms with van der Waals surface area (Å²) in [6.45, 7) is 3.35. The lowest BCUT2D eigenvalue weighted by Crippen LogP contribution is -2.28. The summed E-state index contributed by atoms with van der Waals surface area (Å²) in [5.41, 5.74) is 0.470. The SMILES string of the molecule is C=CC(=O)NC(c1cc(F)ccc1F)c1ccccc1Cl. The minimum absolute atomic E-state index is 0.00157. The number of halogens is 3. The van der Waals surface area contributed by atoms with Gasteiger partial charge in [-0.3, -0.25) is 4.79 Å². The van der Waals surface area contributed by atoms with E-state index in [4.69, 9.17) is 11.6 Å². The Bertz CT molecular complexity index is 688. The van der Waals surface area contributed by atoms with Crippen LogP contribution < -0.4 is 5.32 Å². The highest BCUT2D eigenvalue weighted by Crippen LogP contribution is 2.30. The Morgan fingerprint density at radius 1 is 1.19 bits per heavy atom. The van der Waals surface area contributed by atoms with E-state index in [2.05, 4.69) is 11.9 Å². The van der Waals surface area contributed by atoms with E-state index in [9.17, 15) is 13.6 Å². The maximum Gasteiger partial charge on any atom is 0.244 e. The molecule has 1 amide bonds. The lowest BCUT2D eigenvalue weighted by atomic mass is 9.97. The van der Waals surface area contributed by atoms with Gasteiger partial charge < -0.3 is 5.32 Å². The fraction of sp³-hybridized carbons (Fsp3) is 0.0625. The fourth-order valence-electron chi connectivity index (χ4n) is 1.97. The molecule has 2 nitrogen and oxygen atoms in total. The van der Waals surface area contributed by atoms with E-state index in [-0.39, 0.29) is 5.56 Å². The Labute approximate surface area is 126 Å². The molecular formula is C16H12ClF2NO. The van der Waals surface area contributed by atoms with Crippen molar-refractivity contribution >= 4 is 17.5 Å². The summed E-state index contributed by atoms with van der Waals surface area (Å²) in [5, 5.41) is 2.90. The van der Waals surface area contributed by atoms with Crippen LogP contribution >= 0.6 is 11.6 Å². The first-order valence-electron chi connectivity index (χ1n) is 6.15. The van der Waals surface area contributed by atoms with Crippen LogP contribution in [-0.2, 0) is 4.79 Å². The van der Waals surface area contributed by atoms with Gasteiger partial charge in [-0.05, 0) is 35.9 Å². The van der Waals surface area contributed by atoms with Crippen LogP contribution in [0.3, 0.4) is 0 Å². The molecule has 0 bridgehead atoms. The topological polar surface area (TPSA) is 29.1 Å². The molecule has 0 radical (unpaired) electrons. The van der Waals surface area contributed by atoms with Gasteiger partial charge in [-0.1, -0.05) is 36.4 Å². The second-order valence-corrected chi connectivity index (χ2v) is 4.74. The normalized spacial score (nSPS) is 11.8. The van der Waals surface area contributed by atoms with Gasteiger partial charge in [0.25, 0.3) is 0 Å². The van der Waals surface area contributed by atoms with Gasteiger partial charge in [-0.2, -0.15) is 0 Å². The standard InChI is InChI=1S/C16H12ClF2NO/c1-2-15(21)20-16(11-5-3-4-6-13(11)17)12-9-10(18)7-8-14(12)19/h2-9,16H,1H2,(H,20,21). The number of hydrogen-bond donors (Lipinski definition) is 1. The summed E-state index contributed by atoms with van der Waals surface area (Å²) in [6, 6.07) is 8.81. The van der Waals surface area contributed by atoms with Crippen molar-refractivity contribution in [3.05, 3.63) is 82.9 Å². The number of amides is 1. The van der Waals surface area contributed by atoms with Gasteiger partial charge >= 0.3 is 0 Å². The number of rotatable bonds is 4. The van der Waals surface area contributed by atoms with E-state index in [1.165, 1.54) is 0 Å². The van der Waals surface area contributed by atoms with Gasteiger partial charge in [0.05, 0.1) is 6.04 Å². The highest BCUT2D eigenvalue weighted by atomic mass is 35.5. The van der Waals surface area contributed by atoms with Crippen LogP contribution in [0.15, 0.2) is 55.1 Å². The van der Waals surface area contributed by atoms with Crippen molar-refractivity contribution in [2.75, 3.05) is 0 Å². The number of carbonyl (C=O) groups is 1. The summed E-state index contributed by atoms with van der Waals surface area (Å²) < 4.78 is 27.4. The van der Waals surface area contributed by atoms with E-state index in [1.54, 1.807) is 24.3 Å². The first kappa shape index (κ1) is 15.2. The third-order valence-corrected chi connectivity index (χ3v) is 3.30. The predicted octanol–water partition coefficient (Wildman–Crippen LogP) is 4.01. The average Bonchev–Trinajstić information content (AvgIpc) is 2.48. The largest absolute Gasteiger partial charge is 0.341 e. The van der Waals surface area contributed by atoms with Gasteiger partial charge in [-0.15, -0.1) is 0 Å². The van der Waals surface area contributed by atoms with Crippen LogP contribution in [0.1, 0.15) is 17.2 Å². The highest BCUT2D eigenvalue weighted by Gasteiger charge is 2.22. The van der Waals surface area contributed by atoms with Crippen molar-refractivity contribution in [3.63, 3.8) is 0 Å². The van der Waals surface area contributed by atoms with Crippen molar-refractivity contribution in [1.29, 1.82) is 0 Å². The van der Waals surface area contributed by atoms with Gasteiger partial charge in [0, 0.05) is 10.6 Å². The van der Waals surface area contributed by atoms with E-state index in [0.717, 1.165) is 24.3 Å². The van der Waals surface area contributed by atoms with Crippen molar-refractivity contribution in [1.82, 2.24) is 5.32 Å². The van der Waals surface area contributed by atoms with Crippen molar-refractivity contribution in [2.45, 2.75) is 6.04 Å². The first-order chi connectivity index (χ1) is 10.0. The zero-order chi connectivity index (χ0) is 15.4. The summed E-state index contributed by atoms with van der Waals surface area (Å²) in [7, 11) is 0. The molecule has 2 aromatic rings. The number of benzene rings is 2. The molecule has 0 saturated carbocycles. The summed E-state index contributed by atoms with van der Waals surface area (Å²) in [4.78, 5) is 11.6. The molecule has 0 aromatic heterocycles. The highest BCUT2D eigenvalue weighted by molar-refractivity contribution is 6.31. The lowest BCUT2D eigenvalue weighted by Gasteiger charge is -2.20. The fourth-order valence-corrected chi connectivity index (χ4v) is 2.21. The molecule has 0 aliphatic heterocycles. The second kappa shape index (κ2) is 6.50. The third-order valence-electron chi connectivity index (χ3n) is 2.96. The first-order valence-corrected chi connectivity index (χ1v) is 6.53. The number of nitrogens with one attached hydrogen (secondary N) is 1. The Morgan fingerprint density at radius 3 is 2.57 bits per heavy atom. The van der Waals surface area contributed by atoms with Crippen molar-refractivity contribution in [2.24, 2.45) is 0 Å².